The van der Waals surface area contributed by atoms with E-state index in [-0.39, 0.29) is 21.7 Å². The highest BCUT2D eigenvalue weighted by Gasteiger charge is 2.29. The monoisotopic (exact) mass is 411 g/mol. The van der Waals surface area contributed by atoms with Gasteiger partial charge in [-0.1, -0.05) is 43.4 Å². The Morgan fingerprint density at radius 3 is 2.63 bits per heavy atom. The fourth-order valence-electron chi connectivity index (χ4n) is 3.90. The smallest absolute Gasteiger partial charge is 0.232 e. The van der Waals surface area contributed by atoms with Crippen molar-refractivity contribution < 1.29 is 13.2 Å². The van der Waals surface area contributed by atoms with Gasteiger partial charge in [0.25, 0.3) is 0 Å². The lowest BCUT2D eigenvalue weighted by atomic mass is 9.87. The molecular weight excluding hydrogens is 386 g/mol. The molecular formula is C19H26ClN3O3S. The molecule has 1 heterocycles. The van der Waals surface area contributed by atoms with Gasteiger partial charge >= 0.3 is 0 Å². The molecule has 27 heavy (non-hydrogen) atoms. The predicted molar refractivity (Wildman–Crippen MR) is 107 cm³/mol. The highest BCUT2D eigenvalue weighted by Crippen LogP contribution is 2.36. The zero-order valence-corrected chi connectivity index (χ0v) is 17.3. The number of hydrazone groups is 1. The first-order valence-electron chi connectivity index (χ1n) is 9.33. The summed E-state index contributed by atoms with van der Waals surface area (Å²) in [5.74, 6) is 0.715. The maximum absolute atomic E-state index is 13.0. The number of amides is 1. The molecule has 8 heteroatoms. The number of amidine groups is 1. The Hall–Kier alpha value is -1.60. The SMILES string of the molecule is CN1CCC(NC(=O)[C@H](CC2CCCC2)c2ccc(S(C)(=O)=O)c(Cl)c2)=N1. The van der Waals surface area contributed by atoms with Gasteiger partial charge in [-0.15, -0.1) is 0 Å². The molecule has 148 valence electrons. The molecule has 3 rings (SSSR count). The van der Waals surface area contributed by atoms with Crippen molar-refractivity contribution in [3.05, 3.63) is 28.8 Å². The zero-order valence-electron chi connectivity index (χ0n) is 15.7. The van der Waals surface area contributed by atoms with Crippen LogP contribution in [0.25, 0.3) is 0 Å². The minimum atomic E-state index is -3.40. The molecule has 2 aliphatic rings. The van der Waals surface area contributed by atoms with E-state index < -0.39 is 9.84 Å². The number of rotatable bonds is 5. The first-order valence-corrected chi connectivity index (χ1v) is 11.6. The second-order valence-corrected chi connectivity index (χ2v) is 9.96. The van der Waals surface area contributed by atoms with E-state index in [0.717, 1.165) is 37.6 Å². The number of carbonyl (C=O) groups is 1. The van der Waals surface area contributed by atoms with Gasteiger partial charge in [-0.25, -0.2) is 8.42 Å². The summed E-state index contributed by atoms with van der Waals surface area (Å²) in [6.07, 6.45) is 7.24. The third kappa shape index (κ3) is 5.02. The van der Waals surface area contributed by atoms with E-state index >= 15 is 0 Å². The molecule has 1 aromatic rings. The number of halogens is 1. The molecule has 1 atom stereocenters. The maximum Gasteiger partial charge on any atom is 0.232 e. The average molecular weight is 412 g/mol. The highest BCUT2D eigenvalue weighted by molar-refractivity contribution is 7.90. The Bertz CT molecular complexity index is 848. The van der Waals surface area contributed by atoms with Crippen molar-refractivity contribution in [2.45, 2.75) is 49.3 Å². The van der Waals surface area contributed by atoms with Crippen molar-refractivity contribution in [1.29, 1.82) is 0 Å². The highest BCUT2D eigenvalue weighted by atomic mass is 35.5. The quantitative estimate of drug-likeness (QED) is 0.807. The Kier molecular flexibility index (Phi) is 6.11. The molecule has 0 spiro atoms. The van der Waals surface area contributed by atoms with E-state index in [2.05, 4.69) is 10.4 Å². The lowest BCUT2D eigenvalue weighted by Crippen LogP contribution is -2.34. The standard InChI is InChI=1S/C19H26ClN3O3S/c1-23-10-9-18(22-23)21-19(24)15(11-13-5-3-4-6-13)14-7-8-17(16(20)12-14)27(2,25)26/h7-8,12-13,15H,3-6,9-11H2,1-2H3,(H,21,22,24)/t15-/m1/s1. The van der Waals surface area contributed by atoms with Crippen LogP contribution < -0.4 is 5.32 Å². The van der Waals surface area contributed by atoms with Crippen molar-refractivity contribution in [2.24, 2.45) is 11.0 Å². The lowest BCUT2D eigenvalue weighted by Gasteiger charge is -2.21. The van der Waals surface area contributed by atoms with Crippen LogP contribution in [0.4, 0.5) is 0 Å². The number of hydrogen-bond acceptors (Lipinski definition) is 5. The fourth-order valence-corrected chi connectivity index (χ4v) is 5.24. The molecule has 0 aromatic heterocycles. The summed E-state index contributed by atoms with van der Waals surface area (Å²) in [6, 6.07) is 4.84. The van der Waals surface area contributed by atoms with E-state index in [9.17, 15) is 13.2 Å². The topological polar surface area (TPSA) is 78.8 Å². The maximum atomic E-state index is 13.0. The van der Waals surface area contributed by atoms with Crippen molar-refractivity contribution >= 4 is 33.2 Å². The molecule has 6 nitrogen and oxygen atoms in total. The van der Waals surface area contributed by atoms with Crippen LogP contribution in [0.3, 0.4) is 0 Å². The van der Waals surface area contributed by atoms with Gasteiger partial charge in [0.05, 0.1) is 15.8 Å². The number of carbonyl (C=O) groups excluding carboxylic acids is 1. The molecule has 1 aliphatic carbocycles. The van der Waals surface area contributed by atoms with Gasteiger partial charge in [0.2, 0.25) is 5.91 Å². The second-order valence-electron chi connectivity index (χ2n) is 7.57. The molecule has 1 amide bonds. The largest absolute Gasteiger partial charge is 0.312 e. The number of hydrogen-bond donors (Lipinski definition) is 1. The average Bonchev–Trinajstić information content (AvgIpc) is 3.23. The van der Waals surface area contributed by atoms with Crippen molar-refractivity contribution in [3.8, 4) is 0 Å². The molecule has 1 aromatic carbocycles. The van der Waals surface area contributed by atoms with Crippen LogP contribution in [-0.2, 0) is 14.6 Å². The summed E-state index contributed by atoms with van der Waals surface area (Å²) in [7, 11) is -1.53. The lowest BCUT2D eigenvalue weighted by molar-refractivity contribution is -0.121. The van der Waals surface area contributed by atoms with Gasteiger partial charge in [-0.3, -0.25) is 9.80 Å². The van der Waals surface area contributed by atoms with E-state index in [1.54, 1.807) is 17.1 Å². The molecule has 0 unspecified atom stereocenters. The molecule has 0 saturated heterocycles. The number of nitrogens with zero attached hydrogens (tertiary/aromatic N) is 2. The minimum Gasteiger partial charge on any atom is -0.312 e. The van der Waals surface area contributed by atoms with Gasteiger partial charge < -0.3 is 5.32 Å². The number of sulfone groups is 1. The zero-order chi connectivity index (χ0) is 19.6. The fraction of sp³-hybridized carbons (Fsp3) is 0.579. The van der Waals surface area contributed by atoms with E-state index in [0.29, 0.717) is 18.2 Å². The first kappa shape index (κ1) is 20.1. The van der Waals surface area contributed by atoms with E-state index in [4.69, 9.17) is 11.6 Å². The Labute approximate surface area is 165 Å². The van der Waals surface area contributed by atoms with Crippen molar-refractivity contribution in [1.82, 2.24) is 10.3 Å². The van der Waals surface area contributed by atoms with Crippen molar-refractivity contribution in [2.75, 3.05) is 19.8 Å². The number of benzene rings is 1. The van der Waals surface area contributed by atoms with E-state index in [1.165, 1.54) is 18.9 Å². The van der Waals surface area contributed by atoms with Crippen molar-refractivity contribution in [3.63, 3.8) is 0 Å². The minimum absolute atomic E-state index is 0.0923. The Morgan fingerprint density at radius 2 is 2.07 bits per heavy atom. The predicted octanol–water partition coefficient (Wildman–Crippen LogP) is 3.17. The summed E-state index contributed by atoms with van der Waals surface area (Å²) in [4.78, 5) is 13.1. The van der Waals surface area contributed by atoms with Crippen LogP contribution in [0.2, 0.25) is 5.02 Å². The molecule has 1 N–H and O–H groups in total. The normalized spacial score (nSPS) is 19.2. The van der Waals surface area contributed by atoms with Gasteiger partial charge in [-0.05, 0) is 30.0 Å². The van der Waals surface area contributed by atoms with Crippen LogP contribution in [0.15, 0.2) is 28.2 Å². The number of nitrogens with one attached hydrogen (secondary N) is 1. The van der Waals surface area contributed by atoms with Gasteiger partial charge in [0.1, 0.15) is 5.84 Å². The molecule has 0 radical (unpaired) electrons. The first-order chi connectivity index (χ1) is 12.7. The van der Waals surface area contributed by atoms with Crippen LogP contribution in [0, 0.1) is 5.92 Å². The summed E-state index contributed by atoms with van der Waals surface area (Å²) in [5, 5.41) is 9.24. The molecule has 0 bridgehead atoms. The van der Waals surface area contributed by atoms with Gasteiger partial charge in [0.15, 0.2) is 9.84 Å². The second kappa shape index (κ2) is 8.19. The van der Waals surface area contributed by atoms with Gasteiger partial charge in [-0.2, -0.15) is 5.10 Å². The Balaban J connectivity index is 1.86. The summed E-state index contributed by atoms with van der Waals surface area (Å²) < 4.78 is 23.6. The third-order valence-electron chi connectivity index (χ3n) is 5.35. The van der Waals surface area contributed by atoms with Gasteiger partial charge in [0, 0.05) is 26.3 Å². The van der Waals surface area contributed by atoms with Crippen LogP contribution in [0.1, 0.15) is 50.0 Å². The molecule has 1 aliphatic heterocycles. The summed E-state index contributed by atoms with van der Waals surface area (Å²) >= 11 is 6.23. The van der Waals surface area contributed by atoms with Crippen LogP contribution in [0.5, 0.6) is 0 Å². The Morgan fingerprint density at radius 1 is 1.37 bits per heavy atom. The molecule has 1 fully saturated rings. The van der Waals surface area contributed by atoms with Crippen LogP contribution in [-0.4, -0.2) is 45.0 Å². The molecule has 1 saturated carbocycles. The van der Waals surface area contributed by atoms with Crippen LogP contribution >= 0.6 is 11.6 Å². The summed E-state index contributed by atoms with van der Waals surface area (Å²) in [5.41, 5.74) is 0.753. The van der Waals surface area contributed by atoms with E-state index in [1.807, 2.05) is 7.05 Å². The summed E-state index contributed by atoms with van der Waals surface area (Å²) in [6.45, 7) is 0.789. The third-order valence-corrected chi connectivity index (χ3v) is 6.93.